The molecule has 1 aromatic heterocycles. The largest absolute Gasteiger partial charge is 0.456 e. The number of nitrogens with zero attached hydrogens (tertiary/aromatic N) is 1. The molecule has 1 heterocycles. The minimum absolute atomic E-state index is 0.0367. The van der Waals surface area contributed by atoms with Crippen molar-refractivity contribution in [2.75, 3.05) is 4.90 Å². The van der Waals surface area contributed by atoms with E-state index < -0.39 is 0 Å². The molecule has 0 amide bonds. The molecule has 52 heavy (non-hydrogen) atoms. The lowest BCUT2D eigenvalue weighted by molar-refractivity contribution is 0.449. The van der Waals surface area contributed by atoms with Gasteiger partial charge in [0.1, 0.15) is 11.2 Å². The van der Waals surface area contributed by atoms with Crippen molar-refractivity contribution in [3.8, 4) is 22.3 Å². The second-order valence-corrected chi connectivity index (χ2v) is 16.3. The maximum Gasteiger partial charge on any atom is 0.135 e. The lowest BCUT2D eigenvalue weighted by atomic mass is 9.71. The fraction of sp³-hybridized carbons (Fsp3) is 0.160. The first-order valence-electron chi connectivity index (χ1n) is 18.6. The predicted molar refractivity (Wildman–Crippen MR) is 215 cm³/mol. The van der Waals surface area contributed by atoms with Crippen molar-refractivity contribution in [1.82, 2.24) is 0 Å². The number of fused-ring (bicyclic) bond motifs is 13. The van der Waals surface area contributed by atoms with Crippen LogP contribution in [0.2, 0.25) is 0 Å². The van der Waals surface area contributed by atoms with Crippen LogP contribution in [0.4, 0.5) is 17.1 Å². The number of furan rings is 1. The van der Waals surface area contributed by atoms with E-state index >= 15 is 0 Å². The summed E-state index contributed by atoms with van der Waals surface area (Å²) in [6.45, 7) is 9.58. The average molecular weight is 670 g/mol. The highest BCUT2D eigenvalue weighted by Crippen LogP contribution is 2.63. The molecular formula is C50H39NO. The molecule has 2 heteroatoms. The van der Waals surface area contributed by atoms with Crippen molar-refractivity contribution < 1.29 is 4.42 Å². The number of benzene rings is 7. The number of hydrogen-bond acceptors (Lipinski definition) is 2. The molecule has 3 aliphatic carbocycles. The standard InChI is InChI=1S/C50H39NO/c1-48(2)30-50(43-19-11-10-18-42(43)48)41-17-9-6-14-35(41)37-25-22-33(29-45(37)50)51(31-23-26-47-39(27-31)38-15-7-12-20-46(38)52-47)32-21-24-36-34-13-5-8-16-40(34)49(3,4)44(36)28-32/h5-29H,30H2,1-4H3. The van der Waals surface area contributed by atoms with Crippen molar-refractivity contribution in [2.45, 2.75) is 50.4 Å². The summed E-state index contributed by atoms with van der Waals surface area (Å²) < 4.78 is 6.32. The van der Waals surface area contributed by atoms with Gasteiger partial charge in [-0.05, 0) is 116 Å². The first-order valence-corrected chi connectivity index (χ1v) is 18.6. The molecule has 1 atom stereocenters. The summed E-state index contributed by atoms with van der Waals surface area (Å²) in [6, 6.07) is 56.6. The third-order valence-corrected chi connectivity index (χ3v) is 12.7. The topological polar surface area (TPSA) is 16.4 Å². The quantitative estimate of drug-likeness (QED) is 0.186. The molecule has 0 N–H and O–H groups in total. The molecule has 250 valence electrons. The molecule has 1 unspecified atom stereocenters. The second-order valence-electron chi connectivity index (χ2n) is 16.3. The van der Waals surface area contributed by atoms with Gasteiger partial charge in [0, 0.05) is 38.7 Å². The Hall–Kier alpha value is -5.86. The Morgan fingerprint density at radius 1 is 0.423 bits per heavy atom. The number of para-hydroxylation sites is 1. The molecule has 2 nitrogen and oxygen atoms in total. The molecular weight excluding hydrogens is 631 g/mol. The minimum atomic E-state index is -0.222. The molecule has 11 rings (SSSR count). The van der Waals surface area contributed by atoms with E-state index in [4.69, 9.17) is 4.42 Å². The van der Waals surface area contributed by atoms with Crippen LogP contribution in [0.25, 0.3) is 44.2 Å². The zero-order valence-electron chi connectivity index (χ0n) is 30.0. The molecule has 0 saturated heterocycles. The molecule has 0 fully saturated rings. The monoisotopic (exact) mass is 669 g/mol. The Kier molecular flexibility index (Phi) is 5.82. The molecule has 0 radical (unpaired) electrons. The smallest absolute Gasteiger partial charge is 0.135 e. The fourth-order valence-corrected chi connectivity index (χ4v) is 10.4. The van der Waals surface area contributed by atoms with Gasteiger partial charge in [-0.2, -0.15) is 0 Å². The summed E-state index contributed by atoms with van der Waals surface area (Å²) in [4.78, 5) is 2.48. The van der Waals surface area contributed by atoms with E-state index in [9.17, 15) is 0 Å². The van der Waals surface area contributed by atoms with Crippen LogP contribution < -0.4 is 4.90 Å². The summed E-state index contributed by atoms with van der Waals surface area (Å²) in [5.41, 5.74) is 18.8. The lowest BCUT2D eigenvalue weighted by Gasteiger charge is -2.32. The van der Waals surface area contributed by atoms with Crippen LogP contribution in [0.15, 0.2) is 156 Å². The third-order valence-electron chi connectivity index (χ3n) is 12.7. The first kappa shape index (κ1) is 29.8. The second kappa shape index (κ2) is 10.1. The molecule has 3 aliphatic rings. The Morgan fingerprint density at radius 3 is 1.71 bits per heavy atom. The third kappa shape index (κ3) is 3.79. The maximum atomic E-state index is 6.32. The molecule has 7 aromatic carbocycles. The highest BCUT2D eigenvalue weighted by atomic mass is 16.3. The fourth-order valence-electron chi connectivity index (χ4n) is 10.4. The van der Waals surface area contributed by atoms with Gasteiger partial charge >= 0.3 is 0 Å². The lowest BCUT2D eigenvalue weighted by Crippen LogP contribution is -2.26. The SMILES string of the molecule is CC1(C)CC2(c3ccccc3-c3ccc(N(c4ccc5c(c4)C(C)(C)c4ccccc4-5)c4ccc5oc6ccccc6c5c4)cc32)c2ccccc21. The van der Waals surface area contributed by atoms with Crippen LogP contribution in [0, 0.1) is 0 Å². The predicted octanol–water partition coefficient (Wildman–Crippen LogP) is 13.4. The molecule has 8 aromatic rings. The van der Waals surface area contributed by atoms with Crippen molar-refractivity contribution in [2.24, 2.45) is 0 Å². The summed E-state index contributed by atoms with van der Waals surface area (Å²) >= 11 is 0. The summed E-state index contributed by atoms with van der Waals surface area (Å²) in [6.07, 6.45) is 1.03. The van der Waals surface area contributed by atoms with Crippen LogP contribution in [-0.4, -0.2) is 0 Å². The van der Waals surface area contributed by atoms with Crippen LogP contribution in [0.1, 0.15) is 67.5 Å². The zero-order chi connectivity index (χ0) is 35.0. The Balaban J connectivity index is 1.17. The van der Waals surface area contributed by atoms with Gasteiger partial charge in [0.25, 0.3) is 0 Å². The van der Waals surface area contributed by atoms with Crippen molar-refractivity contribution in [3.63, 3.8) is 0 Å². The number of rotatable bonds is 3. The Bertz CT molecular complexity index is 2800. The molecule has 0 saturated carbocycles. The maximum absolute atomic E-state index is 6.32. The highest BCUT2D eigenvalue weighted by Gasteiger charge is 2.54. The van der Waals surface area contributed by atoms with E-state index in [1.165, 1.54) is 55.6 Å². The van der Waals surface area contributed by atoms with Gasteiger partial charge in [-0.15, -0.1) is 0 Å². The van der Waals surface area contributed by atoms with E-state index in [1.807, 2.05) is 6.07 Å². The summed E-state index contributed by atoms with van der Waals surface area (Å²) in [5, 5.41) is 2.27. The Morgan fingerprint density at radius 2 is 0.942 bits per heavy atom. The number of anilines is 3. The van der Waals surface area contributed by atoms with Gasteiger partial charge in [-0.1, -0.05) is 131 Å². The van der Waals surface area contributed by atoms with Gasteiger partial charge in [-0.25, -0.2) is 0 Å². The molecule has 0 bridgehead atoms. The van der Waals surface area contributed by atoms with E-state index in [2.05, 4.69) is 178 Å². The minimum Gasteiger partial charge on any atom is -0.456 e. The van der Waals surface area contributed by atoms with E-state index in [1.54, 1.807) is 0 Å². The van der Waals surface area contributed by atoms with Gasteiger partial charge in [0.05, 0.1) is 0 Å². The van der Waals surface area contributed by atoms with Crippen LogP contribution in [0.5, 0.6) is 0 Å². The summed E-state index contributed by atoms with van der Waals surface area (Å²) in [7, 11) is 0. The van der Waals surface area contributed by atoms with Gasteiger partial charge in [0.15, 0.2) is 0 Å². The van der Waals surface area contributed by atoms with Crippen molar-refractivity contribution in [1.29, 1.82) is 0 Å². The average Bonchev–Trinajstić information content (AvgIpc) is 3.83. The first-order chi connectivity index (χ1) is 25.3. The highest BCUT2D eigenvalue weighted by molar-refractivity contribution is 6.06. The number of hydrogen-bond donors (Lipinski definition) is 0. The van der Waals surface area contributed by atoms with E-state index in [0.29, 0.717) is 0 Å². The zero-order valence-corrected chi connectivity index (χ0v) is 30.0. The Labute approximate surface area is 305 Å². The van der Waals surface area contributed by atoms with Gasteiger partial charge in [-0.3, -0.25) is 0 Å². The van der Waals surface area contributed by atoms with Gasteiger partial charge < -0.3 is 9.32 Å². The van der Waals surface area contributed by atoms with Crippen molar-refractivity contribution in [3.05, 3.63) is 185 Å². The normalized spacial score (nSPS) is 18.3. The van der Waals surface area contributed by atoms with Crippen LogP contribution in [-0.2, 0) is 16.2 Å². The van der Waals surface area contributed by atoms with Crippen LogP contribution >= 0.6 is 0 Å². The summed E-state index contributed by atoms with van der Waals surface area (Å²) in [5.74, 6) is 0. The van der Waals surface area contributed by atoms with E-state index in [-0.39, 0.29) is 16.2 Å². The van der Waals surface area contributed by atoms with Crippen LogP contribution in [0.3, 0.4) is 0 Å². The molecule has 0 aliphatic heterocycles. The molecule has 1 spiro atoms. The van der Waals surface area contributed by atoms with Gasteiger partial charge in [0.2, 0.25) is 0 Å². The van der Waals surface area contributed by atoms with E-state index in [0.717, 1.165) is 45.4 Å². The van der Waals surface area contributed by atoms with Crippen molar-refractivity contribution >= 4 is 39.0 Å².